The van der Waals surface area contributed by atoms with Crippen LogP contribution in [-0.2, 0) is 19.4 Å². The van der Waals surface area contributed by atoms with Crippen LogP contribution in [0.25, 0.3) is 10.7 Å². The molecular weight excluding hydrogens is 378 g/mol. The van der Waals surface area contributed by atoms with Gasteiger partial charge in [-0.25, -0.2) is 18.2 Å². The highest BCUT2D eigenvalue weighted by molar-refractivity contribution is 7.91. The maximum Gasteiger partial charge on any atom is 0.350 e. The number of aromatic nitrogens is 2. The first-order valence-electron chi connectivity index (χ1n) is 7.90. The lowest BCUT2D eigenvalue weighted by Crippen LogP contribution is -2.38. The lowest BCUT2D eigenvalue weighted by atomic mass is 10.2. The van der Waals surface area contributed by atoms with E-state index in [9.17, 15) is 18.0 Å². The number of nitrogens with zero attached hydrogens (tertiary/aromatic N) is 2. The fraction of sp³-hybridized carbons (Fsp3) is 0.375. The average Bonchev–Trinajstić information content (AvgIpc) is 3.15. The molecule has 26 heavy (non-hydrogen) atoms. The summed E-state index contributed by atoms with van der Waals surface area (Å²) in [6, 6.07) is 4.97. The van der Waals surface area contributed by atoms with Crippen molar-refractivity contribution in [1.29, 1.82) is 0 Å². The van der Waals surface area contributed by atoms with Crippen LogP contribution < -0.4 is 5.32 Å². The zero-order chi connectivity index (χ0) is 18.7. The van der Waals surface area contributed by atoms with E-state index >= 15 is 0 Å². The van der Waals surface area contributed by atoms with Crippen molar-refractivity contribution in [1.82, 2.24) is 15.3 Å². The van der Waals surface area contributed by atoms with E-state index < -0.39 is 34.4 Å². The van der Waals surface area contributed by atoms with E-state index in [0.717, 1.165) is 11.3 Å². The van der Waals surface area contributed by atoms with Gasteiger partial charge in [0.05, 0.1) is 22.9 Å². The zero-order valence-electron chi connectivity index (χ0n) is 14.0. The molecule has 1 atom stereocenters. The fourth-order valence-electron chi connectivity index (χ4n) is 2.56. The van der Waals surface area contributed by atoms with Gasteiger partial charge in [0, 0.05) is 12.2 Å². The van der Waals surface area contributed by atoms with Crippen LogP contribution in [0.3, 0.4) is 0 Å². The number of nitrogens with one attached hydrogen (secondary N) is 1. The molecule has 0 unspecified atom stereocenters. The van der Waals surface area contributed by atoms with Crippen molar-refractivity contribution >= 4 is 33.1 Å². The highest BCUT2D eigenvalue weighted by atomic mass is 32.2. The molecular formula is C16H17N3O5S2. The molecule has 3 rings (SSSR count). The van der Waals surface area contributed by atoms with Crippen LogP contribution in [0.5, 0.6) is 0 Å². The van der Waals surface area contributed by atoms with Gasteiger partial charge in [-0.1, -0.05) is 6.07 Å². The number of pyridine rings is 1. The average molecular weight is 395 g/mol. The molecule has 0 saturated carbocycles. The number of rotatable bonds is 5. The van der Waals surface area contributed by atoms with Gasteiger partial charge in [-0.2, -0.15) is 0 Å². The normalized spacial score (nSPS) is 18.4. The second-order valence-electron chi connectivity index (χ2n) is 5.89. The van der Waals surface area contributed by atoms with Gasteiger partial charge in [0.1, 0.15) is 9.88 Å². The van der Waals surface area contributed by atoms with Crippen LogP contribution in [0.4, 0.5) is 0 Å². The Hall–Kier alpha value is -2.33. The van der Waals surface area contributed by atoms with E-state index in [4.69, 9.17) is 4.74 Å². The monoisotopic (exact) mass is 395 g/mol. The van der Waals surface area contributed by atoms with Gasteiger partial charge in [0.25, 0.3) is 5.91 Å². The summed E-state index contributed by atoms with van der Waals surface area (Å²) in [6.07, 6.45) is 2.01. The van der Waals surface area contributed by atoms with Crippen LogP contribution in [0.2, 0.25) is 0 Å². The molecule has 1 N–H and O–H groups in total. The largest absolute Gasteiger partial charge is 0.451 e. The number of hydrogen-bond acceptors (Lipinski definition) is 8. The van der Waals surface area contributed by atoms with Crippen LogP contribution in [0.1, 0.15) is 21.8 Å². The number of carbonyl (C=O) groups is 2. The molecule has 10 heteroatoms. The van der Waals surface area contributed by atoms with Crippen molar-refractivity contribution in [2.24, 2.45) is 0 Å². The molecule has 0 spiro atoms. The Morgan fingerprint density at radius 2 is 2.19 bits per heavy atom. The third kappa shape index (κ3) is 4.44. The maximum absolute atomic E-state index is 12.2. The number of carbonyl (C=O) groups excluding carboxylic acids is 2. The summed E-state index contributed by atoms with van der Waals surface area (Å²) in [5.74, 6) is -1.17. The first kappa shape index (κ1) is 18.5. The molecule has 1 saturated heterocycles. The van der Waals surface area contributed by atoms with Crippen molar-refractivity contribution < 1.29 is 22.7 Å². The minimum atomic E-state index is -3.08. The standard InChI is InChI=1S/C16H17N3O5S2/c1-10-14(25-15(18-10)12-4-2-3-6-17-12)16(21)24-8-13(20)19-11-5-7-26(22,23)9-11/h2-4,6,11H,5,7-9H2,1H3,(H,19,20)/t11-/m1/s1. The predicted molar refractivity (Wildman–Crippen MR) is 95.6 cm³/mol. The molecule has 0 radical (unpaired) electrons. The molecule has 0 aromatic carbocycles. The molecule has 1 amide bonds. The SMILES string of the molecule is Cc1nc(-c2ccccn2)sc1C(=O)OCC(=O)N[C@@H]1CCS(=O)(=O)C1. The van der Waals surface area contributed by atoms with Gasteiger partial charge in [0.2, 0.25) is 0 Å². The third-order valence-corrected chi connectivity index (χ3v) is 6.73. The van der Waals surface area contributed by atoms with Gasteiger partial charge in [-0.3, -0.25) is 9.78 Å². The number of esters is 1. The van der Waals surface area contributed by atoms with Gasteiger partial charge in [-0.05, 0) is 25.5 Å². The third-order valence-electron chi connectivity index (χ3n) is 3.80. The van der Waals surface area contributed by atoms with E-state index in [1.165, 1.54) is 0 Å². The number of aryl methyl sites for hydroxylation is 1. The molecule has 1 fully saturated rings. The first-order chi connectivity index (χ1) is 12.3. The summed E-state index contributed by atoms with van der Waals surface area (Å²) in [7, 11) is -3.08. The Morgan fingerprint density at radius 1 is 1.38 bits per heavy atom. The van der Waals surface area contributed by atoms with Gasteiger partial charge < -0.3 is 10.1 Å². The lowest BCUT2D eigenvalue weighted by molar-refractivity contribution is -0.124. The minimum absolute atomic E-state index is 0.0636. The zero-order valence-corrected chi connectivity index (χ0v) is 15.6. The molecule has 8 nitrogen and oxygen atoms in total. The van der Waals surface area contributed by atoms with Crippen molar-refractivity contribution in [2.45, 2.75) is 19.4 Å². The van der Waals surface area contributed by atoms with Gasteiger partial charge in [0.15, 0.2) is 16.4 Å². The van der Waals surface area contributed by atoms with Crippen LogP contribution in [-0.4, -0.2) is 54.4 Å². The fourth-order valence-corrected chi connectivity index (χ4v) is 5.17. The highest BCUT2D eigenvalue weighted by Crippen LogP contribution is 2.26. The Morgan fingerprint density at radius 3 is 2.85 bits per heavy atom. The number of thiazole rings is 1. The second-order valence-corrected chi connectivity index (χ2v) is 9.12. The predicted octanol–water partition coefficient (Wildman–Crippen LogP) is 0.974. The molecule has 0 aliphatic carbocycles. The molecule has 3 heterocycles. The highest BCUT2D eigenvalue weighted by Gasteiger charge is 2.29. The van der Waals surface area contributed by atoms with Crippen LogP contribution in [0, 0.1) is 6.92 Å². The van der Waals surface area contributed by atoms with Gasteiger partial charge >= 0.3 is 5.97 Å². The maximum atomic E-state index is 12.2. The van der Waals surface area contributed by atoms with Crippen LogP contribution >= 0.6 is 11.3 Å². The number of amides is 1. The molecule has 0 bridgehead atoms. The van der Waals surface area contributed by atoms with Crippen molar-refractivity contribution in [3.63, 3.8) is 0 Å². The minimum Gasteiger partial charge on any atom is -0.451 e. The summed E-state index contributed by atoms with van der Waals surface area (Å²) in [6.45, 7) is 1.22. The quantitative estimate of drug-likeness (QED) is 0.750. The summed E-state index contributed by atoms with van der Waals surface area (Å²) in [5.41, 5.74) is 1.16. The number of sulfone groups is 1. The molecule has 2 aromatic heterocycles. The van der Waals surface area contributed by atoms with Crippen molar-refractivity contribution in [3.8, 4) is 10.7 Å². The summed E-state index contributed by atoms with van der Waals surface area (Å²) in [5, 5.41) is 3.16. The second kappa shape index (κ2) is 7.50. The summed E-state index contributed by atoms with van der Waals surface area (Å²) < 4.78 is 27.8. The smallest absolute Gasteiger partial charge is 0.350 e. The van der Waals surface area contributed by atoms with Crippen molar-refractivity contribution in [2.75, 3.05) is 18.1 Å². The Kier molecular flexibility index (Phi) is 5.33. The molecule has 1 aliphatic rings. The molecule has 138 valence electrons. The Bertz CT molecular complexity index is 925. The Labute approximate surface area is 154 Å². The summed E-state index contributed by atoms with van der Waals surface area (Å²) >= 11 is 1.15. The van der Waals surface area contributed by atoms with Crippen LogP contribution in [0.15, 0.2) is 24.4 Å². The van der Waals surface area contributed by atoms with E-state index in [1.807, 2.05) is 6.07 Å². The van der Waals surface area contributed by atoms with E-state index in [1.54, 1.807) is 25.3 Å². The van der Waals surface area contributed by atoms with Crippen molar-refractivity contribution in [3.05, 3.63) is 35.0 Å². The number of ether oxygens (including phenoxy) is 1. The first-order valence-corrected chi connectivity index (χ1v) is 10.5. The topological polar surface area (TPSA) is 115 Å². The van der Waals surface area contributed by atoms with E-state index in [-0.39, 0.29) is 11.5 Å². The molecule has 1 aliphatic heterocycles. The summed E-state index contributed by atoms with van der Waals surface area (Å²) in [4.78, 5) is 32.9. The molecule has 2 aromatic rings. The Balaban J connectivity index is 1.57. The van der Waals surface area contributed by atoms with E-state index in [2.05, 4.69) is 15.3 Å². The number of hydrogen-bond donors (Lipinski definition) is 1. The van der Waals surface area contributed by atoms with E-state index in [0.29, 0.717) is 27.7 Å². The lowest BCUT2D eigenvalue weighted by Gasteiger charge is -2.10. The van der Waals surface area contributed by atoms with Gasteiger partial charge in [-0.15, -0.1) is 11.3 Å².